The Bertz CT molecular complexity index is 1120. The zero-order valence-corrected chi connectivity index (χ0v) is 17.4. The summed E-state index contributed by atoms with van der Waals surface area (Å²) in [7, 11) is -1.11. The van der Waals surface area contributed by atoms with Crippen molar-refractivity contribution in [3.63, 3.8) is 0 Å². The molecule has 0 aliphatic carbocycles. The van der Waals surface area contributed by atoms with Crippen molar-refractivity contribution in [3.05, 3.63) is 83.9 Å². The Labute approximate surface area is 176 Å². The summed E-state index contributed by atoms with van der Waals surface area (Å²) >= 11 is 0. The van der Waals surface area contributed by atoms with Crippen LogP contribution in [0.3, 0.4) is 0 Å². The molecule has 30 heavy (non-hydrogen) atoms. The number of benzene rings is 3. The van der Waals surface area contributed by atoms with Gasteiger partial charge in [0.05, 0.1) is 20.4 Å². The van der Waals surface area contributed by atoms with Crippen LogP contribution in [0.1, 0.15) is 11.1 Å². The number of hydrazone groups is 1. The molecule has 0 aliphatic heterocycles. The quantitative estimate of drug-likeness (QED) is 0.417. The highest BCUT2D eigenvalue weighted by atomic mass is 32.2. The average molecular weight is 426 g/mol. The number of nitrogens with zero attached hydrogens (tertiary/aromatic N) is 1. The summed E-state index contributed by atoms with van der Waals surface area (Å²) in [4.78, 5) is 2.15. The Morgan fingerprint density at radius 2 is 1.63 bits per heavy atom. The molecule has 0 saturated heterocycles. The SMILES string of the molecule is COc1ccc(OC)c(S(=O)(=O)N/N=C/c2ccccc2COc2ccccc2)c1. The van der Waals surface area contributed by atoms with Gasteiger partial charge in [0.25, 0.3) is 10.0 Å². The molecule has 0 saturated carbocycles. The lowest BCUT2D eigenvalue weighted by Crippen LogP contribution is -2.19. The minimum absolute atomic E-state index is 0.0674. The monoisotopic (exact) mass is 426 g/mol. The second-order valence-electron chi connectivity index (χ2n) is 6.17. The highest BCUT2D eigenvalue weighted by Gasteiger charge is 2.20. The van der Waals surface area contributed by atoms with Crippen molar-refractivity contribution in [2.45, 2.75) is 11.5 Å². The number of nitrogens with one attached hydrogen (secondary N) is 1. The fourth-order valence-electron chi connectivity index (χ4n) is 2.68. The molecule has 0 bridgehead atoms. The van der Waals surface area contributed by atoms with E-state index in [1.54, 1.807) is 6.07 Å². The Morgan fingerprint density at radius 1 is 0.900 bits per heavy atom. The number of ether oxygens (including phenoxy) is 3. The number of para-hydroxylation sites is 1. The van der Waals surface area contributed by atoms with Gasteiger partial charge in [0.2, 0.25) is 0 Å². The predicted molar refractivity (Wildman–Crippen MR) is 115 cm³/mol. The standard InChI is InChI=1S/C22H22N2O5S/c1-27-20-12-13-21(28-2)22(14-20)30(25,26)24-23-15-17-8-6-7-9-18(17)16-29-19-10-4-3-5-11-19/h3-15,24H,16H2,1-2H3/b23-15+. The Kier molecular flexibility index (Phi) is 6.92. The largest absolute Gasteiger partial charge is 0.497 e. The Balaban J connectivity index is 1.75. The van der Waals surface area contributed by atoms with Gasteiger partial charge in [-0.05, 0) is 29.8 Å². The van der Waals surface area contributed by atoms with E-state index in [0.717, 1.165) is 16.9 Å². The summed E-state index contributed by atoms with van der Waals surface area (Å²) in [6, 6.07) is 21.4. The molecule has 156 valence electrons. The van der Waals surface area contributed by atoms with Crippen LogP contribution in [0.2, 0.25) is 0 Å². The molecule has 0 fully saturated rings. The van der Waals surface area contributed by atoms with Gasteiger partial charge in [0.1, 0.15) is 28.8 Å². The van der Waals surface area contributed by atoms with Crippen LogP contribution in [0, 0.1) is 0 Å². The van der Waals surface area contributed by atoms with Gasteiger partial charge in [-0.1, -0.05) is 42.5 Å². The van der Waals surface area contributed by atoms with Gasteiger partial charge in [-0.3, -0.25) is 0 Å². The molecule has 8 heteroatoms. The number of hydrogen-bond donors (Lipinski definition) is 1. The molecule has 0 aromatic heterocycles. The first-order valence-electron chi connectivity index (χ1n) is 9.06. The maximum Gasteiger partial charge on any atom is 0.280 e. The van der Waals surface area contributed by atoms with Crippen molar-refractivity contribution in [3.8, 4) is 17.2 Å². The van der Waals surface area contributed by atoms with E-state index < -0.39 is 10.0 Å². The number of methoxy groups -OCH3 is 2. The molecular weight excluding hydrogens is 404 g/mol. The van der Waals surface area contributed by atoms with E-state index in [0.29, 0.717) is 12.4 Å². The second kappa shape index (κ2) is 9.80. The van der Waals surface area contributed by atoms with E-state index in [-0.39, 0.29) is 10.6 Å². The molecule has 0 unspecified atom stereocenters. The lowest BCUT2D eigenvalue weighted by Gasteiger charge is -2.11. The van der Waals surface area contributed by atoms with E-state index in [1.807, 2.05) is 54.6 Å². The van der Waals surface area contributed by atoms with Crippen LogP contribution in [0.5, 0.6) is 17.2 Å². The van der Waals surface area contributed by atoms with Gasteiger partial charge in [-0.25, -0.2) is 0 Å². The lowest BCUT2D eigenvalue weighted by molar-refractivity contribution is 0.306. The smallest absolute Gasteiger partial charge is 0.280 e. The van der Waals surface area contributed by atoms with E-state index in [4.69, 9.17) is 14.2 Å². The summed E-state index contributed by atoms with van der Waals surface area (Å²) in [6.07, 6.45) is 1.44. The van der Waals surface area contributed by atoms with Crippen LogP contribution < -0.4 is 19.0 Å². The molecule has 3 aromatic carbocycles. The van der Waals surface area contributed by atoms with Crippen molar-refractivity contribution in [2.75, 3.05) is 14.2 Å². The highest BCUT2D eigenvalue weighted by Crippen LogP contribution is 2.28. The number of rotatable bonds is 9. The van der Waals surface area contributed by atoms with Crippen molar-refractivity contribution in [2.24, 2.45) is 5.10 Å². The zero-order valence-electron chi connectivity index (χ0n) is 16.6. The van der Waals surface area contributed by atoms with Gasteiger partial charge < -0.3 is 14.2 Å². The highest BCUT2D eigenvalue weighted by molar-refractivity contribution is 7.89. The topological polar surface area (TPSA) is 86.2 Å². The van der Waals surface area contributed by atoms with Crippen molar-refractivity contribution < 1.29 is 22.6 Å². The average Bonchev–Trinajstić information content (AvgIpc) is 2.78. The summed E-state index contributed by atoms with van der Waals surface area (Å²) < 4.78 is 41.4. The van der Waals surface area contributed by atoms with Crippen molar-refractivity contribution >= 4 is 16.2 Å². The minimum atomic E-state index is -3.96. The molecule has 3 aromatic rings. The maximum absolute atomic E-state index is 12.7. The summed E-state index contributed by atoms with van der Waals surface area (Å²) in [5.74, 6) is 1.33. The predicted octanol–water partition coefficient (Wildman–Crippen LogP) is 3.60. The third-order valence-corrected chi connectivity index (χ3v) is 5.47. The third-order valence-electron chi connectivity index (χ3n) is 4.23. The Hall–Kier alpha value is -3.52. The molecule has 0 atom stereocenters. The maximum atomic E-state index is 12.7. The van der Waals surface area contributed by atoms with E-state index >= 15 is 0 Å². The van der Waals surface area contributed by atoms with Gasteiger partial charge in [0.15, 0.2) is 0 Å². The Morgan fingerprint density at radius 3 is 2.37 bits per heavy atom. The van der Waals surface area contributed by atoms with E-state index in [1.165, 1.54) is 32.6 Å². The summed E-state index contributed by atoms with van der Waals surface area (Å²) in [5.41, 5.74) is 1.59. The molecule has 0 aliphatic rings. The van der Waals surface area contributed by atoms with Gasteiger partial charge in [-0.2, -0.15) is 18.4 Å². The molecular formula is C22H22N2O5S. The molecule has 1 N–H and O–H groups in total. The van der Waals surface area contributed by atoms with Crippen LogP contribution in [0.15, 0.2) is 82.8 Å². The normalized spacial score (nSPS) is 11.3. The van der Waals surface area contributed by atoms with Crippen molar-refractivity contribution in [1.29, 1.82) is 0 Å². The molecule has 7 nitrogen and oxygen atoms in total. The van der Waals surface area contributed by atoms with Gasteiger partial charge in [-0.15, -0.1) is 0 Å². The fraction of sp³-hybridized carbons (Fsp3) is 0.136. The molecule has 0 spiro atoms. The summed E-state index contributed by atoms with van der Waals surface area (Å²) in [6.45, 7) is 0.322. The second-order valence-corrected chi connectivity index (χ2v) is 7.80. The van der Waals surface area contributed by atoms with Gasteiger partial charge >= 0.3 is 0 Å². The molecule has 0 radical (unpaired) electrons. The lowest BCUT2D eigenvalue weighted by atomic mass is 10.1. The molecule has 0 heterocycles. The first kappa shape index (κ1) is 21.2. The summed E-state index contributed by atoms with van der Waals surface area (Å²) in [5, 5.41) is 3.92. The van der Waals surface area contributed by atoms with Gasteiger partial charge in [0, 0.05) is 11.6 Å². The third kappa shape index (κ3) is 5.30. The minimum Gasteiger partial charge on any atom is -0.497 e. The van der Waals surface area contributed by atoms with Crippen LogP contribution in [-0.2, 0) is 16.6 Å². The van der Waals surface area contributed by atoms with Crippen LogP contribution in [-0.4, -0.2) is 28.9 Å². The fourth-order valence-corrected chi connectivity index (χ4v) is 3.66. The zero-order chi connectivity index (χ0) is 21.4. The van der Waals surface area contributed by atoms with Crippen LogP contribution in [0.25, 0.3) is 0 Å². The molecule has 3 rings (SSSR count). The number of hydrogen-bond acceptors (Lipinski definition) is 6. The van der Waals surface area contributed by atoms with Crippen LogP contribution in [0.4, 0.5) is 0 Å². The molecule has 0 amide bonds. The van der Waals surface area contributed by atoms with Crippen LogP contribution >= 0.6 is 0 Å². The van der Waals surface area contributed by atoms with E-state index in [2.05, 4.69) is 9.93 Å². The van der Waals surface area contributed by atoms with Crippen molar-refractivity contribution in [1.82, 2.24) is 4.83 Å². The first-order valence-corrected chi connectivity index (χ1v) is 10.5. The number of sulfonamides is 1. The first-order chi connectivity index (χ1) is 14.5. The van der Waals surface area contributed by atoms with E-state index in [9.17, 15) is 8.42 Å².